The van der Waals surface area contributed by atoms with E-state index in [2.05, 4.69) is 10.3 Å². The Hall–Kier alpha value is -1.93. The van der Waals surface area contributed by atoms with E-state index in [9.17, 15) is 26.7 Å². The van der Waals surface area contributed by atoms with Crippen LogP contribution in [0.25, 0.3) is 0 Å². The van der Waals surface area contributed by atoms with Gasteiger partial charge in [-0.05, 0) is 12.1 Å². The number of hydrogen-bond acceptors (Lipinski definition) is 3. The van der Waals surface area contributed by atoms with Gasteiger partial charge in [-0.1, -0.05) is 0 Å². The van der Waals surface area contributed by atoms with Gasteiger partial charge in [0.2, 0.25) is 5.91 Å². The SMILES string of the molecule is O=C(NCC(F)F)C1CN(c2ccc(C(F)(F)F)cn2)C1. The van der Waals surface area contributed by atoms with Crippen LogP contribution in [-0.2, 0) is 11.0 Å². The third-order valence-electron chi connectivity index (χ3n) is 3.08. The molecule has 1 saturated heterocycles. The van der Waals surface area contributed by atoms with E-state index >= 15 is 0 Å². The van der Waals surface area contributed by atoms with Crippen LogP contribution in [0.4, 0.5) is 27.8 Å². The minimum atomic E-state index is -4.45. The molecule has 1 aromatic rings. The largest absolute Gasteiger partial charge is 0.417 e. The van der Waals surface area contributed by atoms with Gasteiger partial charge in [0.25, 0.3) is 6.43 Å². The van der Waals surface area contributed by atoms with Crippen molar-refractivity contribution in [2.75, 3.05) is 24.5 Å². The fourth-order valence-electron chi connectivity index (χ4n) is 1.89. The number of anilines is 1. The van der Waals surface area contributed by atoms with E-state index in [0.29, 0.717) is 5.82 Å². The van der Waals surface area contributed by atoms with E-state index in [1.807, 2.05) is 0 Å². The molecule has 2 heterocycles. The Labute approximate surface area is 116 Å². The molecular weight excluding hydrogens is 297 g/mol. The molecule has 9 heteroatoms. The Kier molecular flexibility index (Phi) is 4.29. The first kappa shape index (κ1) is 15.5. The number of halogens is 5. The lowest BCUT2D eigenvalue weighted by atomic mass is 9.99. The molecule has 1 aromatic heterocycles. The Bertz CT molecular complexity index is 497. The van der Waals surface area contributed by atoms with Crippen LogP contribution in [0.1, 0.15) is 5.56 Å². The Balaban J connectivity index is 1.85. The fraction of sp³-hybridized carbons (Fsp3) is 0.500. The highest BCUT2D eigenvalue weighted by Crippen LogP contribution is 2.30. The summed E-state index contributed by atoms with van der Waals surface area (Å²) in [6.07, 6.45) is -6.33. The summed E-state index contributed by atoms with van der Waals surface area (Å²) in [5, 5.41) is 2.10. The van der Waals surface area contributed by atoms with Crippen LogP contribution in [0.15, 0.2) is 18.3 Å². The van der Waals surface area contributed by atoms with Gasteiger partial charge in [0.15, 0.2) is 0 Å². The molecule has 1 aliphatic heterocycles. The summed E-state index contributed by atoms with van der Waals surface area (Å²) in [5.74, 6) is -0.618. The zero-order valence-electron chi connectivity index (χ0n) is 10.7. The molecular formula is C12H12F5N3O. The topological polar surface area (TPSA) is 45.2 Å². The number of carbonyl (C=O) groups is 1. The number of aromatic nitrogens is 1. The summed E-state index contributed by atoms with van der Waals surface area (Å²) in [6, 6.07) is 2.13. The maximum atomic E-state index is 12.4. The fourth-order valence-corrected chi connectivity index (χ4v) is 1.89. The molecule has 0 saturated carbocycles. The van der Waals surface area contributed by atoms with Crippen molar-refractivity contribution in [3.8, 4) is 0 Å². The lowest BCUT2D eigenvalue weighted by Gasteiger charge is -2.39. The standard InChI is InChI=1S/C12H12F5N3O/c13-9(14)4-19-11(21)7-5-20(6-7)10-2-1-8(3-18-10)12(15,16)17/h1-3,7,9H,4-6H2,(H,19,21). The normalized spacial score (nSPS) is 16.0. The molecule has 0 unspecified atom stereocenters. The lowest BCUT2D eigenvalue weighted by Crippen LogP contribution is -2.54. The number of pyridine rings is 1. The second kappa shape index (κ2) is 5.82. The minimum absolute atomic E-state index is 0.243. The second-order valence-corrected chi connectivity index (χ2v) is 4.64. The first-order valence-corrected chi connectivity index (χ1v) is 6.11. The summed E-state index contributed by atoms with van der Waals surface area (Å²) in [5.41, 5.74) is -0.849. The molecule has 0 bridgehead atoms. The Morgan fingerprint density at radius 3 is 2.52 bits per heavy atom. The highest BCUT2D eigenvalue weighted by Gasteiger charge is 2.35. The third kappa shape index (κ3) is 3.79. The summed E-state index contributed by atoms with van der Waals surface area (Å²) in [7, 11) is 0. The molecule has 1 aliphatic rings. The van der Waals surface area contributed by atoms with Gasteiger partial charge in [-0.3, -0.25) is 4.79 Å². The average molecular weight is 309 g/mol. The van der Waals surface area contributed by atoms with Crippen molar-refractivity contribution in [1.82, 2.24) is 10.3 Å². The first-order chi connectivity index (χ1) is 9.77. The number of amides is 1. The van der Waals surface area contributed by atoms with E-state index in [1.54, 1.807) is 4.90 Å². The van der Waals surface area contributed by atoms with Gasteiger partial charge in [0, 0.05) is 19.3 Å². The summed E-state index contributed by atoms with van der Waals surface area (Å²) >= 11 is 0. The number of hydrogen-bond donors (Lipinski definition) is 1. The van der Waals surface area contributed by atoms with Gasteiger partial charge >= 0.3 is 6.18 Å². The number of nitrogens with one attached hydrogen (secondary N) is 1. The van der Waals surface area contributed by atoms with Crippen molar-refractivity contribution >= 4 is 11.7 Å². The van der Waals surface area contributed by atoms with Crippen LogP contribution in [0, 0.1) is 5.92 Å². The summed E-state index contributed by atoms with van der Waals surface area (Å²) in [4.78, 5) is 16.7. The van der Waals surface area contributed by atoms with E-state index in [1.165, 1.54) is 6.07 Å². The van der Waals surface area contributed by atoms with Gasteiger partial charge in [-0.2, -0.15) is 13.2 Å². The lowest BCUT2D eigenvalue weighted by molar-refractivity contribution is -0.137. The van der Waals surface area contributed by atoms with Crippen molar-refractivity contribution in [3.63, 3.8) is 0 Å². The van der Waals surface area contributed by atoms with Crippen LogP contribution in [0.2, 0.25) is 0 Å². The van der Waals surface area contributed by atoms with Gasteiger partial charge in [0.1, 0.15) is 5.82 Å². The van der Waals surface area contributed by atoms with E-state index in [-0.39, 0.29) is 13.1 Å². The summed E-state index contributed by atoms with van der Waals surface area (Å²) in [6.45, 7) is -0.214. The van der Waals surface area contributed by atoms with Gasteiger partial charge < -0.3 is 10.2 Å². The predicted molar refractivity (Wildman–Crippen MR) is 64.0 cm³/mol. The van der Waals surface area contributed by atoms with Crippen molar-refractivity contribution in [1.29, 1.82) is 0 Å². The van der Waals surface area contributed by atoms with Gasteiger partial charge in [-0.15, -0.1) is 0 Å². The molecule has 2 rings (SSSR count). The minimum Gasteiger partial charge on any atom is -0.355 e. The van der Waals surface area contributed by atoms with Crippen LogP contribution in [0.3, 0.4) is 0 Å². The van der Waals surface area contributed by atoms with Crippen molar-refractivity contribution in [2.24, 2.45) is 5.92 Å². The second-order valence-electron chi connectivity index (χ2n) is 4.64. The van der Waals surface area contributed by atoms with Gasteiger partial charge in [-0.25, -0.2) is 13.8 Å². The van der Waals surface area contributed by atoms with Gasteiger partial charge in [0.05, 0.1) is 18.0 Å². The molecule has 0 atom stereocenters. The molecule has 0 aromatic carbocycles. The molecule has 0 aliphatic carbocycles. The highest BCUT2D eigenvalue weighted by atomic mass is 19.4. The van der Waals surface area contributed by atoms with Crippen LogP contribution < -0.4 is 10.2 Å². The average Bonchev–Trinajstić information content (AvgIpc) is 2.34. The van der Waals surface area contributed by atoms with Crippen LogP contribution in [0.5, 0.6) is 0 Å². The molecule has 21 heavy (non-hydrogen) atoms. The molecule has 116 valence electrons. The Morgan fingerprint density at radius 2 is 2.05 bits per heavy atom. The van der Waals surface area contributed by atoms with Crippen molar-refractivity contribution in [2.45, 2.75) is 12.6 Å². The number of nitrogens with zero attached hydrogens (tertiary/aromatic N) is 2. The van der Waals surface area contributed by atoms with Crippen LogP contribution in [-0.4, -0.2) is 37.0 Å². The van der Waals surface area contributed by atoms with E-state index in [4.69, 9.17) is 0 Å². The number of alkyl halides is 5. The van der Waals surface area contributed by atoms with Crippen molar-refractivity contribution in [3.05, 3.63) is 23.9 Å². The van der Waals surface area contributed by atoms with Crippen molar-refractivity contribution < 1.29 is 26.7 Å². The third-order valence-corrected chi connectivity index (χ3v) is 3.08. The molecule has 0 spiro atoms. The van der Waals surface area contributed by atoms with E-state index < -0.39 is 36.5 Å². The zero-order valence-corrected chi connectivity index (χ0v) is 10.7. The molecule has 1 N–H and O–H groups in total. The maximum Gasteiger partial charge on any atom is 0.417 e. The van der Waals surface area contributed by atoms with Crippen LogP contribution >= 0.6 is 0 Å². The number of carbonyl (C=O) groups excluding carboxylic acids is 1. The number of rotatable bonds is 4. The first-order valence-electron chi connectivity index (χ1n) is 6.11. The maximum absolute atomic E-state index is 12.4. The Morgan fingerprint density at radius 1 is 1.38 bits per heavy atom. The van der Waals surface area contributed by atoms with E-state index in [0.717, 1.165) is 12.3 Å². The predicted octanol–water partition coefficient (Wildman–Crippen LogP) is 1.92. The zero-order chi connectivity index (χ0) is 15.6. The highest BCUT2D eigenvalue weighted by molar-refractivity contribution is 5.81. The summed E-state index contributed by atoms with van der Waals surface area (Å²) < 4.78 is 61.0. The molecule has 4 nitrogen and oxygen atoms in total. The molecule has 1 fully saturated rings. The molecule has 0 radical (unpaired) electrons. The smallest absolute Gasteiger partial charge is 0.355 e. The molecule has 1 amide bonds. The monoisotopic (exact) mass is 309 g/mol. The quantitative estimate of drug-likeness (QED) is 0.864.